The van der Waals surface area contributed by atoms with Gasteiger partial charge in [-0.2, -0.15) is 0 Å². The van der Waals surface area contributed by atoms with Crippen LogP contribution in [-0.2, 0) is 4.79 Å². The highest BCUT2D eigenvalue weighted by atomic mass is 16.3. The van der Waals surface area contributed by atoms with Gasteiger partial charge in [0.2, 0.25) is 5.91 Å². The number of allylic oxidation sites excluding steroid dienone is 3. The minimum Gasteiger partial charge on any atom is -0.394 e. The quantitative estimate of drug-likeness (QED) is 0.0371. The van der Waals surface area contributed by atoms with Crippen molar-refractivity contribution in [2.24, 2.45) is 0 Å². The summed E-state index contributed by atoms with van der Waals surface area (Å²) in [5, 5.41) is 33.0. The van der Waals surface area contributed by atoms with E-state index in [4.69, 9.17) is 0 Å². The third-order valence-electron chi connectivity index (χ3n) is 10.8. The van der Waals surface area contributed by atoms with E-state index in [1.807, 2.05) is 6.08 Å². The maximum absolute atomic E-state index is 12.4. The molecule has 3 atom stereocenters. The highest BCUT2D eigenvalue weighted by molar-refractivity contribution is 5.80. The molecule has 0 aromatic rings. The van der Waals surface area contributed by atoms with Crippen LogP contribution in [-0.4, -0.2) is 46.1 Å². The Morgan fingerprint density at radius 3 is 1.12 bits per heavy atom. The predicted molar refractivity (Wildman–Crippen MR) is 227 cm³/mol. The Morgan fingerprint density at radius 2 is 0.769 bits per heavy atom. The van der Waals surface area contributed by atoms with E-state index in [1.54, 1.807) is 6.08 Å². The number of nitrogens with one attached hydrogen (secondary N) is 1. The second kappa shape index (κ2) is 42.6. The molecule has 0 fully saturated rings. The molecule has 0 saturated carbocycles. The van der Waals surface area contributed by atoms with Crippen LogP contribution in [0.5, 0.6) is 0 Å². The van der Waals surface area contributed by atoms with Gasteiger partial charge in [-0.15, -0.1) is 0 Å². The number of hydrogen-bond donors (Lipinski definition) is 4. The largest absolute Gasteiger partial charge is 0.394 e. The summed E-state index contributed by atoms with van der Waals surface area (Å²) >= 11 is 0. The Bertz CT molecular complexity index is 768. The van der Waals surface area contributed by atoms with Crippen LogP contribution in [0.4, 0.5) is 0 Å². The Balaban J connectivity index is 3.51. The van der Waals surface area contributed by atoms with Crippen LogP contribution in [0.1, 0.15) is 245 Å². The van der Waals surface area contributed by atoms with E-state index in [0.717, 1.165) is 32.1 Å². The number of amides is 1. The third kappa shape index (κ3) is 37.2. The zero-order valence-corrected chi connectivity index (χ0v) is 35.0. The number of hydrogen-bond acceptors (Lipinski definition) is 4. The van der Waals surface area contributed by atoms with Gasteiger partial charge in [0.1, 0.15) is 6.10 Å². The van der Waals surface area contributed by atoms with E-state index in [9.17, 15) is 20.1 Å². The number of carbonyl (C=O) groups is 1. The zero-order valence-electron chi connectivity index (χ0n) is 35.0. The molecule has 0 heterocycles. The van der Waals surface area contributed by atoms with Gasteiger partial charge in [-0.1, -0.05) is 224 Å². The number of unbranched alkanes of at least 4 members (excludes halogenated alkanes) is 32. The van der Waals surface area contributed by atoms with E-state index in [1.165, 1.54) is 193 Å². The average Bonchev–Trinajstić information content (AvgIpc) is 3.15. The normalized spacial score (nSPS) is 13.7. The molecule has 0 radical (unpaired) electrons. The van der Waals surface area contributed by atoms with Crippen molar-refractivity contribution < 1.29 is 20.1 Å². The molecule has 0 spiro atoms. The Labute approximate surface area is 324 Å². The van der Waals surface area contributed by atoms with Gasteiger partial charge in [-0.25, -0.2) is 0 Å². The number of aliphatic hydroxyl groups excluding tert-OH is 3. The molecule has 3 unspecified atom stereocenters. The molecule has 0 bridgehead atoms. The molecular weight excluding hydrogens is 643 g/mol. The predicted octanol–water partition coefficient (Wildman–Crippen LogP) is 13.4. The summed E-state index contributed by atoms with van der Waals surface area (Å²) in [5.41, 5.74) is 0. The van der Waals surface area contributed by atoms with Crippen molar-refractivity contribution in [3.63, 3.8) is 0 Å². The monoisotopic (exact) mass is 734 g/mol. The Kier molecular flexibility index (Phi) is 41.6. The van der Waals surface area contributed by atoms with Gasteiger partial charge in [0.05, 0.1) is 18.8 Å². The molecule has 5 nitrogen and oxygen atoms in total. The lowest BCUT2D eigenvalue weighted by molar-refractivity contribution is -0.131. The molecule has 0 saturated heterocycles. The van der Waals surface area contributed by atoms with E-state index in [0.29, 0.717) is 6.42 Å². The van der Waals surface area contributed by atoms with Crippen molar-refractivity contribution in [3.05, 3.63) is 24.3 Å². The van der Waals surface area contributed by atoms with E-state index >= 15 is 0 Å². The summed E-state index contributed by atoms with van der Waals surface area (Å²) in [6.07, 6.45) is 52.4. The highest BCUT2D eigenvalue weighted by Crippen LogP contribution is 2.16. The molecule has 0 aliphatic rings. The third-order valence-corrected chi connectivity index (χ3v) is 10.8. The minimum absolute atomic E-state index is 0.362. The standard InChI is InChI=1S/C47H91NO4/c1-3-5-7-9-11-13-14-15-16-17-18-19-20-21-22-23-24-25-26-27-28-29-30-31-32-34-36-38-40-42-46(51)47(52)48-44(43-49)45(50)41-39-37-35-33-12-10-8-6-4-2/h21-22,39,41,44-46,49-51H,3-20,23-38,40,42-43H2,1-2H3,(H,48,52)/b22-21-,41-39+. The number of carbonyl (C=O) groups excluding carboxylic acids is 1. The molecule has 5 heteroatoms. The molecule has 0 aromatic heterocycles. The van der Waals surface area contributed by atoms with Gasteiger partial charge in [-0.3, -0.25) is 4.79 Å². The lowest BCUT2D eigenvalue weighted by Gasteiger charge is -2.21. The molecule has 308 valence electrons. The molecular formula is C47H91NO4. The number of aliphatic hydroxyl groups is 3. The summed E-state index contributed by atoms with van der Waals surface area (Å²) in [4.78, 5) is 12.4. The first kappa shape index (κ1) is 50.8. The number of rotatable bonds is 42. The molecule has 4 N–H and O–H groups in total. The van der Waals surface area contributed by atoms with Crippen molar-refractivity contribution in [1.29, 1.82) is 0 Å². The lowest BCUT2D eigenvalue weighted by atomic mass is 10.0. The summed E-state index contributed by atoms with van der Waals surface area (Å²) in [6, 6.07) is -0.793. The van der Waals surface area contributed by atoms with E-state index < -0.39 is 24.2 Å². The Hall–Kier alpha value is -1.17. The minimum atomic E-state index is -1.09. The maximum atomic E-state index is 12.4. The zero-order chi connectivity index (χ0) is 38.0. The van der Waals surface area contributed by atoms with Gasteiger partial charge in [0.15, 0.2) is 0 Å². The van der Waals surface area contributed by atoms with Crippen LogP contribution in [0.2, 0.25) is 0 Å². The van der Waals surface area contributed by atoms with Gasteiger partial charge in [0, 0.05) is 0 Å². The van der Waals surface area contributed by atoms with Crippen molar-refractivity contribution in [2.45, 2.75) is 263 Å². The van der Waals surface area contributed by atoms with Gasteiger partial charge in [0.25, 0.3) is 0 Å². The van der Waals surface area contributed by atoms with Crippen LogP contribution in [0.3, 0.4) is 0 Å². The SMILES string of the molecule is CCCCCCCCC/C=C/C(O)C(CO)NC(=O)C(O)CCCCCCCCCCCCCCC/C=C\CCCCCCCCCCCCCC. The summed E-state index contributed by atoms with van der Waals surface area (Å²) in [7, 11) is 0. The smallest absolute Gasteiger partial charge is 0.249 e. The first-order chi connectivity index (χ1) is 25.6. The summed E-state index contributed by atoms with van der Waals surface area (Å²) in [5.74, 6) is -0.504. The highest BCUT2D eigenvalue weighted by Gasteiger charge is 2.22. The summed E-state index contributed by atoms with van der Waals surface area (Å²) < 4.78 is 0. The van der Waals surface area contributed by atoms with E-state index in [2.05, 4.69) is 31.3 Å². The molecule has 0 rings (SSSR count). The maximum Gasteiger partial charge on any atom is 0.249 e. The lowest BCUT2D eigenvalue weighted by Crippen LogP contribution is -2.48. The fraction of sp³-hybridized carbons (Fsp3) is 0.894. The van der Waals surface area contributed by atoms with Crippen LogP contribution < -0.4 is 5.32 Å². The van der Waals surface area contributed by atoms with Crippen LogP contribution >= 0.6 is 0 Å². The molecule has 52 heavy (non-hydrogen) atoms. The van der Waals surface area contributed by atoms with Crippen molar-refractivity contribution in [3.8, 4) is 0 Å². The average molecular weight is 734 g/mol. The van der Waals surface area contributed by atoms with Crippen molar-refractivity contribution in [1.82, 2.24) is 5.32 Å². The van der Waals surface area contributed by atoms with Gasteiger partial charge >= 0.3 is 0 Å². The fourth-order valence-corrected chi connectivity index (χ4v) is 7.12. The topological polar surface area (TPSA) is 89.8 Å². The second-order valence-corrected chi connectivity index (χ2v) is 16.0. The van der Waals surface area contributed by atoms with Crippen LogP contribution in [0.15, 0.2) is 24.3 Å². The first-order valence-corrected chi connectivity index (χ1v) is 23.2. The molecule has 0 aliphatic heterocycles. The van der Waals surface area contributed by atoms with Crippen LogP contribution in [0.25, 0.3) is 0 Å². The van der Waals surface area contributed by atoms with Crippen molar-refractivity contribution in [2.75, 3.05) is 6.61 Å². The molecule has 0 aromatic carbocycles. The van der Waals surface area contributed by atoms with E-state index in [-0.39, 0.29) is 6.61 Å². The van der Waals surface area contributed by atoms with Crippen LogP contribution in [0, 0.1) is 0 Å². The van der Waals surface area contributed by atoms with Gasteiger partial charge in [-0.05, 0) is 44.9 Å². The molecule has 1 amide bonds. The van der Waals surface area contributed by atoms with Crippen molar-refractivity contribution >= 4 is 5.91 Å². The summed E-state index contributed by atoms with van der Waals surface area (Å²) in [6.45, 7) is 4.16. The first-order valence-electron chi connectivity index (χ1n) is 23.2. The second-order valence-electron chi connectivity index (χ2n) is 16.0. The van der Waals surface area contributed by atoms with Gasteiger partial charge < -0.3 is 20.6 Å². The fourth-order valence-electron chi connectivity index (χ4n) is 7.12. The Morgan fingerprint density at radius 1 is 0.462 bits per heavy atom. The molecule has 0 aliphatic carbocycles.